The highest BCUT2D eigenvalue weighted by Crippen LogP contribution is 2.29. The van der Waals surface area contributed by atoms with E-state index in [1.165, 1.54) is 0 Å². The normalized spacial score (nSPS) is 22.1. The van der Waals surface area contributed by atoms with Crippen molar-refractivity contribution in [2.24, 2.45) is 18.9 Å². The zero-order chi connectivity index (χ0) is 15.4. The van der Waals surface area contributed by atoms with Gasteiger partial charge in [0.05, 0.1) is 12.5 Å². The van der Waals surface area contributed by atoms with Gasteiger partial charge < -0.3 is 19.3 Å². The van der Waals surface area contributed by atoms with Crippen molar-refractivity contribution in [3.05, 3.63) is 18.2 Å². The molecule has 1 amide bonds. The van der Waals surface area contributed by atoms with Gasteiger partial charge in [-0.05, 0) is 12.8 Å². The minimum atomic E-state index is -0.627. The summed E-state index contributed by atoms with van der Waals surface area (Å²) in [5.41, 5.74) is 0. The highest BCUT2D eigenvalue weighted by Gasteiger charge is 2.32. The highest BCUT2D eigenvalue weighted by molar-refractivity contribution is 5.78. The number of aryl methyl sites for hydroxylation is 1. The van der Waals surface area contributed by atoms with Crippen LogP contribution in [0.3, 0.4) is 0 Å². The second-order valence-electron chi connectivity index (χ2n) is 5.88. The summed E-state index contributed by atoms with van der Waals surface area (Å²) < 4.78 is 6.89. The lowest BCUT2D eigenvalue weighted by molar-refractivity contribution is -0.139. The van der Waals surface area contributed by atoms with Crippen LogP contribution in [-0.4, -0.2) is 52.3 Å². The predicted molar refractivity (Wildman–Crippen MR) is 78.5 cm³/mol. The number of imidazole rings is 1. The van der Waals surface area contributed by atoms with E-state index >= 15 is 0 Å². The Hall–Kier alpha value is -1.40. The van der Waals surface area contributed by atoms with Crippen molar-refractivity contribution >= 4 is 5.91 Å². The zero-order valence-corrected chi connectivity index (χ0v) is 13.0. The summed E-state index contributed by atoms with van der Waals surface area (Å²) in [6, 6.07) is 0. The fraction of sp³-hybridized carbons (Fsp3) is 0.733. The molecule has 6 heteroatoms. The van der Waals surface area contributed by atoms with E-state index in [1.807, 2.05) is 29.6 Å². The number of amides is 1. The van der Waals surface area contributed by atoms with Crippen molar-refractivity contribution in [3.8, 4) is 0 Å². The number of hydrogen-bond donors (Lipinski definition) is 1. The largest absolute Gasteiger partial charge is 0.385 e. The average Bonchev–Trinajstić information content (AvgIpc) is 2.92. The van der Waals surface area contributed by atoms with Gasteiger partial charge in [0, 0.05) is 45.6 Å². The molecule has 1 aliphatic heterocycles. The van der Waals surface area contributed by atoms with Gasteiger partial charge in [-0.1, -0.05) is 6.92 Å². The fourth-order valence-electron chi connectivity index (χ4n) is 2.97. The molecule has 0 radical (unpaired) electrons. The Labute approximate surface area is 125 Å². The Balaban J connectivity index is 2.00. The van der Waals surface area contributed by atoms with Crippen molar-refractivity contribution < 1.29 is 14.6 Å². The monoisotopic (exact) mass is 295 g/mol. The van der Waals surface area contributed by atoms with Crippen molar-refractivity contribution in [3.63, 3.8) is 0 Å². The summed E-state index contributed by atoms with van der Waals surface area (Å²) in [6.07, 6.45) is 4.71. The number of carbonyl (C=O) groups is 1. The Morgan fingerprint density at radius 2 is 2.38 bits per heavy atom. The molecule has 1 saturated heterocycles. The fourth-order valence-corrected chi connectivity index (χ4v) is 2.97. The molecule has 1 fully saturated rings. The number of likely N-dealkylation sites (tertiary alicyclic amines) is 1. The molecule has 3 unspecified atom stereocenters. The topological polar surface area (TPSA) is 67.6 Å². The lowest BCUT2D eigenvalue weighted by Gasteiger charge is -2.36. The molecular formula is C15H25N3O3. The first-order valence-corrected chi connectivity index (χ1v) is 7.47. The van der Waals surface area contributed by atoms with Gasteiger partial charge >= 0.3 is 0 Å². The summed E-state index contributed by atoms with van der Waals surface area (Å²) in [5, 5.41) is 10.5. The molecule has 1 N–H and O–H groups in total. The SMILES string of the molecule is COCC(C)C(=O)N1CCCC(C(O)c2nccn2C)C1. The zero-order valence-electron chi connectivity index (χ0n) is 13.0. The van der Waals surface area contributed by atoms with E-state index in [-0.39, 0.29) is 17.7 Å². The van der Waals surface area contributed by atoms with Crippen LogP contribution < -0.4 is 0 Å². The summed E-state index contributed by atoms with van der Waals surface area (Å²) in [6.45, 7) is 3.66. The molecule has 1 aromatic heterocycles. The van der Waals surface area contributed by atoms with E-state index in [0.717, 1.165) is 19.4 Å². The second-order valence-corrected chi connectivity index (χ2v) is 5.88. The Bertz CT molecular complexity index is 474. The Morgan fingerprint density at radius 3 is 3.00 bits per heavy atom. The molecule has 0 spiro atoms. The predicted octanol–water partition coefficient (Wildman–Crippen LogP) is 0.975. The molecule has 2 heterocycles. The van der Waals surface area contributed by atoms with Crippen LogP contribution in [0.4, 0.5) is 0 Å². The molecule has 0 aromatic carbocycles. The summed E-state index contributed by atoms with van der Waals surface area (Å²) in [7, 11) is 3.48. The molecule has 118 valence electrons. The third-order valence-corrected chi connectivity index (χ3v) is 4.18. The molecule has 21 heavy (non-hydrogen) atoms. The average molecular weight is 295 g/mol. The van der Waals surface area contributed by atoms with E-state index in [2.05, 4.69) is 4.98 Å². The van der Waals surface area contributed by atoms with Crippen LogP contribution in [0.2, 0.25) is 0 Å². The van der Waals surface area contributed by atoms with Gasteiger partial charge in [0.15, 0.2) is 0 Å². The molecule has 6 nitrogen and oxygen atoms in total. The molecule has 1 aliphatic rings. The quantitative estimate of drug-likeness (QED) is 0.879. The maximum absolute atomic E-state index is 12.4. The van der Waals surface area contributed by atoms with Crippen LogP contribution in [0.5, 0.6) is 0 Å². The number of aliphatic hydroxyl groups is 1. The van der Waals surface area contributed by atoms with E-state index in [1.54, 1.807) is 13.3 Å². The third kappa shape index (κ3) is 3.63. The van der Waals surface area contributed by atoms with Crippen LogP contribution >= 0.6 is 0 Å². The molecule has 3 atom stereocenters. The molecule has 0 aliphatic carbocycles. The van der Waals surface area contributed by atoms with Crippen molar-refractivity contribution in [1.29, 1.82) is 0 Å². The lowest BCUT2D eigenvalue weighted by atomic mass is 9.91. The number of aliphatic hydroxyl groups excluding tert-OH is 1. The molecule has 2 rings (SSSR count). The molecular weight excluding hydrogens is 270 g/mol. The van der Waals surface area contributed by atoms with Gasteiger partial charge in [0.2, 0.25) is 5.91 Å². The number of ether oxygens (including phenoxy) is 1. The number of piperidine rings is 1. The number of carbonyl (C=O) groups excluding carboxylic acids is 1. The van der Waals surface area contributed by atoms with Crippen LogP contribution in [0.15, 0.2) is 12.4 Å². The summed E-state index contributed by atoms with van der Waals surface area (Å²) >= 11 is 0. The minimum Gasteiger partial charge on any atom is -0.385 e. The van der Waals surface area contributed by atoms with Crippen LogP contribution in [0.25, 0.3) is 0 Å². The first-order valence-electron chi connectivity index (χ1n) is 7.47. The minimum absolute atomic E-state index is 0.0403. The lowest BCUT2D eigenvalue weighted by Crippen LogP contribution is -2.44. The molecule has 0 saturated carbocycles. The highest BCUT2D eigenvalue weighted by atomic mass is 16.5. The number of nitrogens with zero attached hydrogens (tertiary/aromatic N) is 3. The number of methoxy groups -OCH3 is 1. The third-order valence-electron chi connectivity index (χ3n) is 4.18. The van der Waals surface area contributed by atoms with E-state index in [0.29, 0.717) is 19.0 Å². The molecule has 1 aromatic rings. The van der Waals surface area contributed by atoms with Crippen molar-refractivity contribution in [2.45, 2.75) is 25.9 Å². The van der Waals surface area contributed by atoms with Crippen molar-refractivity contribution in [2.75, 3.05) is 26.8 Å². The van der Waals surface area contributed by atoms with Crippen molar-refractivity contribution in [1.82, 2.24) is 14.5 Å². The van der Waals surface area contributed by atoms with Crippen LogP contribution in [0, 0.1) is 11.8 Å². The molecule has 0 bridgehead atoms. The Kier molecular flexibility index (Phi) is 5.36. The second kappa shape index (κ2) is 7.04. The summed E-state index contributed by atoms with van der Waals surface area (Å²) in [4.78, 5) is 18.4. The van der Waals surface area contributed by atoms with E-state index in [9.17, 15) is 9.90 Å². The standard InChI is InChI=1S/C15H25N3O3/c1-11(10-21-3)15(20)18-7-4-5-12(9-18)13(19)14-16-6-8-17(14)2/h6,8,11-13,19H,4-5,7,9-10H2,1-3H3. The van der Waals surface area contributed by atoms with Gasteiger partial charge in [-0.3, -0.25) is 4.79 Å². The smallest absolute Gasteiger partial charge is 0.227 e. The van der Waals surface area contributed by atoms with Crippen LogP contribution in [-0.2, 0) is 16.6 Å². The number of hydrogen-bond acceptors (Lipinski definition) is 4. The van der Waals surface area contributed by atoms with Gasteiger partial charge in [-0.15, -0.1) is 0 Å². The summed E-state index contributed by atoms with van der Waals surface area (Å²) in [5.74, 6) is 0.672. The first kappa shape index (κ1) is 16.0. The van der Waals surface area contributed by atoms with Crippen LogP contribution in [0.1, 0.15) is 31.7 Å². The van der Waals surface area contributed by atoms with Gasteiger partial charge in [0.1, 0.15) is 11.9 Å². The maximum Gasteiger partial charge on any atom is 0.227 e. The Morgan fingerprint density at radius 1 is 1.62 bits per heavy atom. The van der Waals surface area contributed by atoms with Gasteiger partial charge in [-0.25, -0.2) is 4.98 Å². The number of rotatable bonds is 5. The number of aromatic nitrogens is 2. The van der Waals surface area contributed by atoms with Gasteiger partial charge in [-0.2, -0.15) is 0 Å². The van der Waals surface area contributed by atoms with E-state index in [4.69, 9.17) is 4.74 Å². The first-order chi connectivity index (χ1) is 10.0. The van der Waals surface area contributed by atoms with E-state index < -0.39 is 6.10 Å². The van der Waals surface area contributed by atoms with Gasteiger partial charge in [0.25, 0.3) is 0 Å². The maximum atomic E-state index is 12.4.